The molecule has 1 aromatic rings. The molecule has 0 radical (unpaired) electrons. The number of hydrogen-bond acceptors (Lipinski definition) is 2. The second-order valence-corrected chi connectivity index (χ2v) is 3.72. The van der Waals surface area contributed by atoms with Crippen molar-refractivity contribution in [2.45, 2.75) is 25.5 Å². The lowest BCUT2D eigenvalue weighted by molar-refractivity contribution is -0.558. The molecule has 3 heteroatoms. The molecule has 1 saturated heterocycles. The molecule has 0 aromatic heterocycles. The second-order valence-electron chi connectivity index (χ2n) is 3.72. The summed E-state index contributed by atoms with van der Waals surface area (Å²) < 4.78 is 6.32. The fourth-order valence-electron chi connectivity index (χ4n) is 1.69. The third-order valence-corrected chi connectivity index (χ3v) is 2.52. The molecule has 1 aliphatic rings. The third kappa shape index (κ3) is 2.80. The summed E-state index contributed by atoms with van der Waals surface area (Å²) in [6.45, 7) is 0.700. The van der Waals surface area contributed by atoms with Crippen LogP contribution in [0, 0.1) is 5.21 Å². The van der Waals surface area contributed by atoms with Crippen LogP contribution in [0.1, 0.15) is 24.8 Å². The first-order valence-corrected chi connectivity index (χ1v) is 5.33. The molecule has 1 fully saturated rings. The van der Waals surface area contributed by atoms with E-state index in [1.807, 2.05) is 30.3 Å². The number of hydroxylamine groups is 1. The Hall–Kier alpha value is -1.35. The molecule has 2 rings (SSSR count). The Morgan fingerprint density at radius 3 is 2.73 bits per heavy atom. The summed E-state index contributed by atoms with van der Waals surface area (Å²) in [5.74, 6) is 0. The van der Waals surface area contributed by atoms with E-state index in [9.17, 15) is 5.21 Å². The lowest BCUT2D eigenvalue weighted by atomic mass is 10.2. The van der Waals surface area contributed by atoms with Gasteiger partial charge in [0.05, 0.1) is 6.61 Å². The maximum Gasteiger partial charge on any atom is 0.267 e. The first kappa shape index (κ1) is 10.2. The zero-order valence-electron chi connectivity index (χ0n) is 8.63. The van der Waals surface area contributed by atoms with Gasteiger partial charge in [0.25, 0.3) is 6.23 Å². The van der Waals surface area contributed by atoms with E-state index in [0.29, 0.717) is 6.61 Å². The standard InChI is InChI=1S/C12H15NO2/c14-13(12-8-4-5-9-15-12)10-11-6-2-1-3-7-11/h1-3,6-7,10,12H,4-5,8-9H2/b13-10+. The second kappa shape index (κ2) is 4.94. The van der Waals surface area contributed by atoms with Crippen molar-refractivity contribution in [1.82, 2.24) is 0 Å². The van der Waals surface area contributed by atoms with Crippen LogP contribution in [0.15, 0.2) is 30.3 Å². The van der Waals surface area contributed by atoms with E-state index in [1.54, 1.807) is 6.21 Å². The molecule has 0 N–H and O–H groups in total. The highest BCUT2D eigenvalue weighted by atomic mass is 16.6. The van der Waals surface area contributed by atoms with Crippen LogP contribution >= 0.6 is 0 Å². The van der Waals surface area contributed by atoms with E-state index in [4.69, 9.17) is 4.74 Å². The Morgan fingerprint density at radius 2 is 2.07 bits per heavy atom. The van der Waals surface area contributed by atoms with Crippen LogP contribution in [0.25, 0.3) is 0 Å². The zero-order chi connectivity index (χ0) is 10.5. The Bertz CT molecular complexity index is 329. The summed E-state index contributed by atoms with van der Waals surface area (Å²) >= 11 is 0. The molecule has 0 saturated carbocycles. The summed E-state index contributed by atoms with van der Waals surface area (Å²) in [5, 5.41) is 11.7. The fraction of sp³-hybridized carbons (Fsp3) is 0.417. The van der Waals surface area contributed by atoms with Crippen molar-refractivity contribution < 1.29 is 9.48 Å². The summed E-state index contributed by atoms with van der Waals surface area (Å²) in [5.41, 5.74) is 0.918. The molecule has 3 nitrogen and oxygen atoms in total. The van der Waals surface area contributed by atoms with E-state index in [2.05, 4.69) is 0 Å². The van der Waals surface area contributed by atoms with Crippen molar-refractivity contribution in [2.24, 2.45) is 0 Å². The van der Waals surface area contributed by atoms with Crippen LogP contribution < -0.4 is 0 Å². The highest BCUT2D eigenvalue weighted by molar-refractivity contribution is 5.75. The predicted molar refractivity (Wildman–Crippen MR) is 58.8 cm³/mol. The number of nitrogens with zero attached hydrogens (tertiary/aromatic N) is 1. The summed E-state index contributed by atoms with van der Waals surface area (Å²) in [4.78, 5) is 0. The van der Waals surface area contributed by atoms with Crippen molar-refractivity contribution in [3.05, 3.63) is 41.1 Å². The Labute approximate surface area is 89.6 Å². The molecule has 1 aromatic carbocycles. The van der Waals surface area contributed by atoms with Crippen LogP contribution in [0.2, 0.25) is 0 Å². The van der Waals surface area contributed by atoms with Gasteiger partial charge in [0.1, 0.15) is 0 Å². The van der Waals surface area contributed by atoms with Gasteiger partial charge in [-0.25, -0.2) is 0 Å². The quantitative estimate of drug-likeness (QED) is 0.321. The topological polar surface area (TPSA) is 35.3 Å². The first-order valence-electron chi connectivity index (χ1n) is 5.33. The minimum atomic E-state index is -0.293. The lowest BCUT2D eigenvalue weighted by Gasteiger charge is -2.21. The van der Waals surface area contributed by atoms with Crippen molar-refractivity contribution in [3.63, 3.8) is 0 Å². The zero-order valence-corrected chi connectivity index (χ0v) is 8.63. The van der Waals surface area contributed by atoms with E-state index < -0.39 is 0 Å². The molecule has 0 spiro atoms. The molecule has 80 valence electrons. The van der Waals surface area contributed by atoms with Crippen molar-refractivity contribution in [1.29, 1.82) is 0 Å². The van der Waals surface area contributed by atoms with Gasteiger partial charge in [-0.3, -0.25) is 0 Å². The minimum absolute atomic E-state index is 0.293. The third-order valence-electron chi connectivity index (χ3n) is 2.52. The van der Waals surface area contributed by atoms with Gasteiger partial charge in [0, 0.05) is 12.0 Å². The van der Waals surface area contributed by atoms with Gasteiger partial charge in [-0.05, 0) is 25.0 Å². The number of ether oxygens (including phenoxy) is 1. The van der Waals surface area contributed by atoms with E-state index >= 15 is 0 Å². The van der Waals surface area contributed by atoms with Gasteiger partial charge in [-0.2, -0.15) is 4.74 Å². The van der Waals surface area contributed by atoms with Crippen LogP contribution in [-0.4, -0.2) is 23.8 Å². The molecule has 1 unspecified atom stereocenters. The normalized spacial score (nSPS) is 22.7. The monoisotopic (exact) mass is 205 g/mol. The van der Waals surface area contributed by atoms with E-state index in [0.717, 1.165) is 29.6 Å². The average molecular weight is 205 g/mol. The highest BCUT2D eigenvalue weighted by Gasteiger charge is 2.19. The summed E-state index contributed by atoms with van der Waals surface area (Å²) in [6.07, 6.45) is 4.27. The Morgan fingerprint density at radius 1 is 1.27 bits per heavy atom. The van der Waals surface area contributed by atoms with Gasteiger partial charge >= 0.3 is 0 Å². The largest absolute Gasteiger partial charge is 0.622 e. The maximum absolute atomic E-state index is 11.7. The summed E-state index contributed by atoms with van der Waals surface area (Å²) in [7, 11) is 0. The molecule has 1 heterocycles. The van der Waals surface area contributed by atoms with Gasteiger partial charge < -0.3 is 9.94 Å². The SMILES string of the molecule is [O-]/[N+](=C/c1ccccc1)C1CCCCO1. The first-order chi connectivity index (χ1) is 7.36. The highest BCUT2D eigenvalue weighted by Crippen LogP contribution is 2.13. The molecule has 0 amide bonds. The van der Waals surface area contributed by atoms with Crippen LogP contribution in [0.3, 0.4) is 0 Å². The fourth-order valence-corrected chi connectivity index (χ4v) is 1.69. The average Bonchev–Trinajstić information content (AvgIpc) is 2.31. The van der Waals surface area contributed by atoms with Gasteiger partial charge in [0.2, 0.25) is 0 Å². The van der Waals surface area contributed by atoms with Crippen LogP contribution in [0.5, 0.6) is 0 Å². The Balaban J connectivity index is 2.06. The summed E-state index contributed by atoms with van der Waals surface area (Å²) in [6, 6.07) is 9.59. The molecule has 15 heavy (non-hydrogen) atoms. The molecule has 1 atom stereocenters. The van der Waals surface area contributed by atoms with Gasteiger partial charge in [-0.15, -0.1) is 0 Å². The predicted octanol–water partition coefficient (Wildman–Crippen LogP) is 2.14. The minimum Gasteiger partial charge on any atom is -0.622 e. The molecular weight excluding hydrogens is 190 g/mol. The van der Waals surface area contributed by atoms with E-state index in [-0.39, 0.29) is 6.23 Å². The smallest absolute Gasteiger partial charge is 0.267 e. The number of rotatable bonds is 2. The maximum atomic E-state index is 11.7. The Kier molecular flexibility index (Phi) is 3.35. The van der Waals surface area contributed by atoms with Gasteiger partial charge in [0.15, 0.2) is 6.21 Å². The number of benzene rings is 1. The van der Waals surface area contributed by atoms with Crippen LogP contribution in [-0.2, 0) is 4.74 Å². The van der Waals surface area contributed by atoms with Crippen molar-refractivity contribution in [3.8, 4) is 0 Å². The number of hydrogen-bond donors (Lipinski definition) is 0. The van der Waals surface area contributed by atoms with Crippen molar-refractivity contribution >= 4 is 6.21 Å². The lowest BCUT2D eigenvalue weighted by Crippen LogP contribution is -2.29. The van der Waals surface area contributed by atoms with Gasteiger partial charge in [-0.1, -0.05) is 18.2 Å². The molecule has 0 aliphatic carbocycles. The molecule has 0 bridgehead atoms. The molecular formula is C12H15NO2. The van der Waals surface area contributed by atoms with Crippen LogP contribution in [0.4, 0.5) is 0 Å². The molecule has 1 aliphatic heterocycles. The van der Waals surface area contributed by atoms with Crippen molar-refractivity contribution in [2.75, 3.05) is 6.61 Å². The van der Waals surface area contributed by atoms with E-state index in [1.165, 1.54) is 0 Å².